The maximum Gasteiger partial charge on any atom is 0.348 e. The van der Waals surface area contributed by atoms with E-state index in [1.807, 2.05) is 60.7 Å². The largest absolute Gasteiger partial charge is 0.506 e. The van der Waals surface area contributed by atoms with E-state index in [4.69, 9.17) is 9.15 Å². The van der Waals surface area contributed by atoms with Crippen LogP contribution in [0.3, 0.4) is 0 Å². The Hall–Kier alpha value is -4.58. The van der Waals surface area contributed by atoms with E-state index in [1.54, 1.807) is 31.2 Å². The zero-order valence-corrected chi connectivity index (χ0v) is 18.4. The molecule has 0 aliphatic heterocycles. The molecule has 6 heteroatoms. The molecule has 5 aromatic rings. The molecular formula is C28H21NO5. The van der Waals surface area contributed by atoms with Crippen molar-refractivity contribution in [2.75, 3.05) is 6.61 Å². The number of aromatic hydroxyl groups is 1. The first-order valence-electron chi connectivity index (χ1n) is 10.9. The summed E-state index contributed by atoms with van der Waals surface area (Å²) >= 11 is 0. The van der Waals surface area contributed by atoms with Crippen molar-refractivity contribution in [3.63, 3.8) is 0 Å². The van der Waals surface area contributed by atoms with Crippen LogP contribution in [-0.4, -0.2) is 22.7 Å². The van der Waals surface area contributed by atoms with Gasteiger partial charge in [-0.2, -0.15) is 0 Å². The predicted octanol–water partition coefficient (Wildman–Crippen LogP) is 6.00. The van der Waals surface area contributed by atoms with E-state index in [2.05, 4.69) is 4.98 Å². The van der Waals surface area contributed by atoms with Gasteiger partial charge in [-0.3, -0.25) is 0 Å². The minimum atomic E-state index is -0.752. The Morgan fingerprint density at radius 2 is 1.44 bits per heavy atom. The van der Waals surface area contributed by atoms with E-state index in [1.165, 1.54) is 0 Å². The monoisotopic (exact) mass is 451 g/mol. The number of para-hydroxylation sites is 1. The highest BCUT2D eigenvalue weighted by Gasteiger charge is 2.31. The van der Waals surface area contributed by atoms with Gasteiger partial charge in [0.05, 0.1) is 28.9 Å². The van der Waals surface area contributed by atoms with E-state index in [0.29, 0.717) is 16.8 Å². The lowest BCUT2D eigenvalue weighted by molar-refractivity contribution is 0.0528. The van der Waals surface area contributed by atoms with Gasteiger partial charge in [-0.1, -0.05) is 72.8 Å². The summed E-state index contributed by atoms with van der Waals surface area (Å²) in [6.45, 7) is 1.86. The fourth-order valence-electron chi connectivity index (χ4n) is 4.15. The van der Waals surface area contributed by atoms with Crippen molar-refractivity contribution in [3.05, 3.63) is 101 Å². The number of carbonyl (C=O) groups is 1. The number of fused-ring (bicyclic) bond motifs is 1. The Morgan fingerprint density at radius 1 is 0.853 bits per heavy atom. The first-order chi connectivity index (χ1) is 16.6. The molecule has 0 aliphatic carbocycles. The SMILES string of the molecule is CCOC(=O)c1c(-c2ccccc2)[nH]c(-c2ccccc2)c1-c1c(O)c2ccccc2oc1=O. The number of benzene rings is 3. The molecule has 0 radical (unpaired) electrons. The van der Waals surface area contributed by atoms with Gasteiger partial charge in [0.1, 0.15) is 16.9 Å². The average Bonchev–Trinajstić information content (AvgIpc) is 3.26. The van der Waals surface area contributed by atoms with Gasteiger partial charge in [-0.15, -0.1) is 0 Å². The lowest BCUT2D eigenvalue weighted by atomic mass is 9.95. The summed E-state index contributed by atoms with van der Waals surface area (Å²) in [6, 6.07) is 25.3. The highest BCUT2D eigenvalue weighted by atomic mass is 16.5. The molecular weight excluding hydrogens is 430 g/mol. The quantitative estimate of drug-likeness (QED) is 0.252. The molecule has 34 heavy (non-hydrogen) atoms. The predicted molar refractivity (Wildman–Crippen MR) is 131 cm³/mol. The van der Waals surface area contributed by atoms with Crippen LogP contribution in [0.15, 0.2) is 94.1 Å². The third-order valence-electron chi connectivity index (χ3n) is 5.64. The van der Waals surface area contributed by atoms with Gasteiger partial charge in [-0.25, -0.2) is 9.59 Å². The molecule has 2 aromatic heterocycles. The van der Waals surface area contributed by atoms with Gasteiger partial charge in [0, 0.05) is 5.56 Å². The van der Waals surface area contributed by atoms with Crippen molar-refractivity contribution < 1.29 is 19.1 Å². The average molecular weight is 451 g/mol. The molecule has 0 bridgehead atoms. The van der Waals surface area contributed by atoms with Crippen molar-refractivity contribution in [2.24, 2.45) is 0 Å². The molecule has 2 heterocycles. The minimum absolute atomic E-state index is 0.0981. The number of aromatic nitrogens is 1. The van der Waals surface area contributed by atoms with Gasteiger partial charge >= 0.3 is 11.6 Å². The highest BCUT2D eigenvalue weighted by Crippen LogP contribution is 2.44. The smallest absolute Gasteiger partial charge is 0.348 e. The normalized spacial score (nSPS) is 11.0. The Labute approximate surface area is 195 Å². The molecule has 5 rings (SSSR count). The van der Waals surface area contributed by atoms with E-state index in [0.717, 1.165) is 11.1 Å². The molecule has 0 saturated carbocycles. The van der Waals surface area contributed by atoms with Crippen molar-refractivity contribution in [2.45, 2.75) is 6.92 Å². The zero-order chi connectivity index (χ0) is 23.7. The molecule has 0 saturated heterocycles. The molecule has 168 valence electrons. The standard InChI is InChI=1S/C28H21NO5/c1-2-33-27(31)22-21(23-26(30)19-15-9-10-16-20(19)34-28(23)32)24(17-11-5-3-6-12-17)29-25(22)18-13-7-4-8-14-18/h3-16,29-30H,2H2,1H3. The highest BCUT2D eigenvalue weighted by molar-refractivity contribution is 6.09. The number of ether oxygens (including phenoxy) is 1. The van der Waals surface area contributed by atoms with Crippen LogP contribution in [0.25, 0.3) is 44.6 Å². The maximum absolute atomic E-state index is 13.3. The number of esters is 1. The molecule has 0 atom stereocenters. The van der Waals surface area contributed by atoms with E-state index in [-0.39, 0.29) is 34.6 Å². The Morgan fingerprint density at radius 3 is 2.09 bits per heavy atom. The van der Waals surface area contributed by atoms with Crippen LogP contribution in [0.2, 0.25) is 0 Å². The molecule has 0 amide bonds. The summed E-state index contributed by atoms with van der Waals surface area (Å²) in [5.41, 5.74) is 2.25. The molecule has 0 unspecified atom stereocenters. The minimum Gasteiger partial charge on any atom is -0.506 e. The first kappa shape index (κ1) is 21.3. The Bertz CT molecular complexity index is 1550. The summed E-state index contributed by atoms with van der Waals surface area (Å²) in [5.74, 6) is -0.866. The number of hydrogen-bond acceptors (Lipinski definition) is 5. The van der Waals surface area contributed by atoms with Crippen molar-refractivity contribution >= 4 is 16.9 Å². The number of H-pyrrole nitrogens is 1. The number of hydrogen-bond donors (Lipinski definition) is 2. The van der Waals surface area contributed by atoms with Crippen LogP contribution < -0.4 is 5.63 Å². The lowest BCUT2D eigenvalue weighted by Gasteiger charge is -2.11. The fraction of sp³-hybridized carbons (Fsp3) is 0.0714. The number of nitrogens with one attached hydrogen (secondary N) is 1. The summed E-state index contributed by atoms with van der Waals surface area (Å²) in [4.78, 5) is 29.9. The van der Waals surface area contributed by atoms with Crippen molar-refractivity contribution in [3.8, 4) is 39.4 Å². The molecule has 0 spiro atoms. The van der Waals surface area contributed by atoms with Gasteiger partial charge in [0.15, 0.2) is 0 Å². The van der Waals surface area contributed by atoms with Crippen LogP contribution in [-0.2, 0) is 4.74 Å². The van der Waals surface area contributed by atoms with Gasteiger partial charge < -0.3 is 19.2 Å². The fourth-order valence-corrected chi connectivity index (χ4v) is 4.15. The zero-order valence-electron chi connectivity index (χ0n) is 18.4. The van der Waals surface area contributed by atoms with E-state index < -0.39 is 11.6 Å². The van der Waals surface area contributed by atoms with E-state index in [9.17, 15) is 14.7 Å². The van der Waals surface area contributed by atoms with Gasteiger partial charge in [0.25, 0.3) is 0 Å². The van der Waals surface area contributed by atoms with Gasteiger partial charge in [0.2, 0.25) is 0 Å². The summed E-state index contributed by atoms with van der Waals surface area (Å²) < 4.78 is 10.9. The second-order valence-corrected chi connectivity index (χ2v) is 7.69. The molecule has 0 aliphatic rings. The first-order valence-corrected chi connectivity index (χ1v) is 10.9. The maximum atomic E-state index is 13.3. The lowest BCUT2D eigenvalue weighted by Crippen LogP contribution is -2.10. The van der Waals surface area contributed by atoms with Crippen LogP contribution in [0.4, 0.5) is 0 Å². The van der Waals surface area contributed by atoms with Crippen LogP contribution >= 0.6 is 0 Å². The summed E-state index contributed by atoms with van der Waals surface area (Å²) in [7, 11) is 0. The second-order valence-electron chi connectivity index (χ2n) is 7.69. The number of aromatic amines is 1. The molecule has 3 aromatic carbocycles. The molecule has 2 N–H and O–H groups in total. The third-order valence-corrected chi connectivity index (χ3v) is 5.64. The van der Waals surface area contributed by atoms with Crippen LogP contribution in [0.5, 0.6) is 5.75 Å². The van der Waals surface area contributed by atoms with Crippen LogP contribution in [0.1, 0.15) is 17.3 Å². The summed E-state index contributed by atoms with van der Waals surface area (Å²) in [5, 5.41) is 11.6. The van der Waals surface area contributed by atoms with Crippen LogP contribution in [0, 0.1) is 0 Å². The molecule has 6 nitrogen and oxygen atoms in total. The topological polar surface area (TPSA) is 92.5 Å². The van der Waals surface area contributed by atoms with E-state index >= 15 is 0 Å². The van der Waals surface area contributed by atoms with Crippen molar-refractivity contribution in [1.82, 2.24) is 4.98 Å². The summed E-state index contributed by atoms with van der Waals surface area (Å²) in [6.07, 6.45) is 0. The van der Waals surface area contributed by atoms with Gasteiger partial charge in [-0.05, 0) is 30.2 Å². The Kier molecular flexibility index (Phi) is 5.47. The Balaban J connectivity index is 1.94. The second kappa shape index (κ2) is 8.75. The van der Waals surface area contributed by atoms with Crippen molar-refractivity contribution in [1.29, 1.82) is 0 Å². The number of carbonyl (C=O) groups excluding carboxylic acids is 1. The molecule has 0 fully saturated rings. The number of rotatable bonds is 5. The third kappa shape index (κ3) is 3.55.